The number of carbonyl (C=O) groups excluding carboxylic acids is 2. The normalized spacial score (nSPS) is 24.9. The number of amides is 2. The van der Waals surface area contributed by atoms with E-state index in [1.807, 2.05) is 0 Å². The molecule has 1 rings (SSSR count). The van der Waals surface area contributed by atoms with Gasteiger partial charge in [-0.25, -0.2) is 0 Å². The molecule has 1 aliphatic carbocycles. The standard InChI is InChI=1S/C10H19N3O2/c1-12-9(14)4-5-13-10(15)7-2-3-8(11)6-7/h7-8H,2-6,11H2,1H3,(H,12,14)(H,13,15). The molecule has 15 heavy (non-hydrogen) atoms. The molecule has 5 nitrogen and oxygen atoms in total. The summed E-state index contributed by atoms with van der Waals surface area (Å²) in [7, 11) is 1.58. The molecule has 0 saturated heterocycles. The van der Waals surface area contributed by atoms with Crippen LogP contribution in [0.4, 0.5) is 0 Å². The number of rotatable bonds is 4. The molecule has 0 aromatic carbocycles. The maximum atomic E-state index is 11.6. The van der Waals surface area contributed by atoms with Gasteiger partial charge < -0.3 is 16.4 Å². The van der Waals surface area contributed by atoms with Crippen LogP contribution in [0, 0.1) is 5.92 Å². The molecule has 1 fully saturated rings. The van der Waals surface area contributed by atoms with Crippen molar-refractivity contribution in [3.05, 3.63) is 0 Å². The largest absolute Gasteiger partial charge is 0.359 e. The predicted molar refractivity (Wildman–Crippen MR) is 57.0 cm³/mol. The average Bonchev–Trinajstić information content (AvgIpc) is 2.64. The molecular weight excluding hydrogens is 194 g/mol. The lowest BCUT2D eigenvalue weighted by Crippen LogP contribution is -2.33. The van der Waals surface area contributed by atoms with E-state index in [4.69, 9.17) is 5.73 Å². The number of hydrogen-bond donors (Lipinski definition) is 3. The maximum Gasteiger partial charge on any atom is 0.223 e. The third kappa shape index (κ3) is 3.87. The first-order chi connectivity index (χ1) is 7.13. The van der Waals surface area contributed by atoms with Gasteiger partial charge in [-0.1, -0.05) is 0 Å². The van der Waals surface area contributed by atoms with E-state index in [2.05, 4.69) is 10.6 Å². The van der Waals surface area contributed by atoms with E-state index < -0.39 is 0 Å². The van der Waals surface area contributed by atoms with Crippen molar-refractivity contribution in [2.24, 2.45) is 11.7 Å². The van der Waals surface area contributed by atoms with Crippen molar-refractivity contribution >= 4 is 11.8 Å². The first kappa shape index (κ1) is 12.0. The summed E-state index contributed by atoms with van der Waals surface area (Å²) in [6.45, 7) is 0.407. The van der Waals surface area contributed by atoms with Crippen molar-refractivity contribution in [2.45, 2.75) is 31.7 Å². The topological polar surface area (TPSA) is 84.2 Å². The van der Waals surface area contributed by atoms with E-state index in [1.165, 1.54) is 0 Å². The SMILES string of the molecule is CNC(=O)CCNC(=O)C1CCC(N)C1. The number of carbonyl (C=O) groups is 2. The molecule has 2 amide bonds. The van der Waals surface area contributed by atoms with Gasteiger partial charge in [0.05, 0.1) is 0 Å². The van der Waals surface area contributed by atoms with Gasteiger partial charge in [0, 0.05) is 32.0 Å². The van der Waals surface area contributed by atoms with Crippen LogP contribution in [0.25, 0.3) is 0 Å². The third-order valence-electron chi connectivity index (χ3n) is 2.77. The Kier molecular flexibility index (Phi) is 4.55. The first-order valence-corrected chi connectivity index (χ1v) is 5.37. The van der Waals surface area contributed by atoms with E-state index in [9.17, 15) is 9.59 Å². The second-order valence-corrected chi connectivity index (χ2v) is 3.98. The molecule has 0 aromatic rings. The zero-order valence-corrected chi connectivity index (χ0v) is 9.08. The fourth-order valence-electron chi connectivity index (χ4n) is 1.82. The summed E-state index contributed by atoms with van der Waals surface area (Å²) in [6.07, 6.45) is 2.90. The van der Waals surface area contributed by atoms with Crippen LogP contribution in [0.3, 0.4) is 0 Å². The van der Waals surface area contributed by atoms with Crippen molar-refractivity contribution in [1.29, 1.82) is 0 Å². The molecule has 2 atom stereocenters. The van der Waals surface area contributed by atoms with Gasteiger partial charge >= 0.3 is 0 Å². The fraction of sp³-hybridized carbons (Fsp3) is 0.800. The van der Waals surface area contributed by atoms with Gasteiger partial charge in [0.1, 0.15) is 0 Å². The lowest BCUT2D eigenvalue weighted by Gasteiger charge is -2.10. The molecule has 0 heterocycles. The summed E-state index contributed by atoms with van der Waals surface area (Å²) >= 11 is 0. The van der Waals surface area contributed by atoms with E-state index in [-0.39, 0.29) is 23.8 Å². The Morgan fingerprint density at radius 1 is 1.40 bits per heavy atom. The van der Waals surface area contributed by atoms with Gasteiger partial charge in [0.15, 0.2) is 0 Å². The van der Waals surface area contributed by atoms with E-state index in [1.54, 1.807) is 7.05 Å². The van der Waals surface area contributed by atoms with Crippen LogP contribution in [0.2, 0.25) is 0 Å². The highest BCUT2D eigenvalue weighted by Gasteiger charge is 2.27. The summed E-state index contributed by atoms with van der Waals surface area (Å²) in [5.41, 5.74) is 5.72. The third-order valence-corrected chi connectivity index (χ3v) is 2.77. The van der Waals surface area contributed by atoms with Crippen LogP contribution >= 0.6 is 0 Å². The highest BCUT2D eigenvalue weighted by atomic mass is 16.2. The first-order valence-electron chi connectivity index (χ1n) is 5.37. The van der Waals surface area contributed by atoms with Crippen molar-refractivity contribution in [3.63, 3.8) is 0 Å². The second kappa shape index (κ2) is 5.70. The molecule has 86 valence electrons. The summed E-state index contributed by atoms with van der Waals surface area (Å²) in [6, 6.07) is 0.166. The lowest BCUT2D eigenvalue weighted by atomic mass is 10.1. The molecule has 0 bridgehead atoms. The Hall–Kier alpha value is -1.10. The molecule has 0 aromatic heterocycles. The Morgan fingerprint density at radius 2 is 2.13 bits per heavy atom. The van der Waals surface area contributed by atoms with Crippen LogP contribution in [-0.2, 0) is 9.59 Å². The average molecular weight is 213 g/mol. The molecular formula is C10H19N3O2. The van der Waals surface area contributed by atoms with Gasteiger partial charge in [-0.3, -0.25) is 9.59 Å². The maximum absolute atomic E-state index is 11.6. The number of hydrogen-bond acceptors (Lipinski definition) is 3. The molecule has 2 unspecified atom stereocenters. The van der Waals surface area contributed by atoms with E-state index in [0.29, 0.717) is 13.0 Å². The van der Waals surface area contributed by atoms with Crippen LogP contribution < -0.4 is 16.4 Å². The predicted octanol–water partition coefficient (Wildman–Crippen LogP) is -0.634. The van der Waals surface area contributed by atoms with Gasteiger partial charge in [-0.15, -0.1) is 0 Å². The smallest absolute Gasteiger partial charge is 0.223 e. The molecule has 0 radical (unpaired) electrons. The Morgan fingerprint density at radius 3 is 2.67 bits per heavy atom. The van der Waals surface area contributed by atoms with Crippen molar-refractivity contribution in [1.82, 2.24) is 10.6 Å². The van der Waals surface area contributed by atoms with Crippen molar-refractivity contribution in [3.8, 4) is 0 Å². The Labute approximate surface area is 89.8 Å². The number of nitrogens with one attached hydrogen (secondary N) is 2. The summed E-state index contributed by atoms with van der Waals surface area (Å²) < 4.78 is 0. The highest BCUT2D eigenvalue weighted by molar-refractivity contribution is 5.80. The summed E-state index contributed by atoms with van der Waals surface area (Å²) in [5.74, 6) is 0.0231. The minimum atomic E-state index is -0.0570. The van der Waals surface area contributed by atoms with E-state index >= 15 is 0 Å². The molecule has 5 heteroatoms. The zero-order valence-electron chi connectivity index (χ0n) is 9.08. The van der Waals surface area contributed by atoms with Gasteiger partial charge in [0.25, 0.3) is 0 Å². The van der Waals surface area contributed by atoms with Crippen LogP contribution in [0.1, 0.15) is 25.7 Å². The summed E-state index contributed by atoms with van der Waals surface area (Å²) in [4.78, 5) is 22.4. The highest BCUT2D eigenvalue weighted by Crippen LogP contribution is 2.23. The number of nitrogens with two attached hydrogens (primary N) is 1. The van der Waals surface area contributed by atoms with Gasteiger partial charge in [-0.2, -0.15) is 0 Å². The zero-order chi connectivity index (χ0) is 11.3. The quantitative estimate of drug-likeness (QED) is 0.581. The fourth-order valence-corrected chi connectivity index (χ4v) is 1.82. The van der Waals surface area contributed by atoms with Crippen molar-refractivity contribution < 1.29 is 9.59 Å². The summed E-state index contributed by atoms with van der Waals surface area (Å²) in [5, 5.41) is 5.26. The minimum Gasteiger partial charge on any atom is -0.359 e. The van der Waals surface area contributed by atoms with Crippen LogP contribution in [0.5, 0.6) is 0 Å². The van der Waals surface area contributed by atoms with Gasteiger partial charge in [0.2, 0.25) is 11.8 Å². The molecule has 0 aliphatic heterocycles. The van der Waals surface area contributed by atoms with Crippen LogP contribution in [0.15, 0.2) is 0 Å². The monoisotopic (exact) mass is 213 g/mol. The van der Waals surface area contributed by atoms with Crippen LogP contribution in [-0.4, -0.2) is 31.4 Å². The molecule has 0 spiro atoms. The lowest BCUT2D eigenvalue weighted by molar-refractivity contribution is -0.125. The van der Waals surface area contributed by atoms with Crippen molar-refractivity contribution in [2.75, 3.05) is 13.6 Å². The minimum absolute atomic E-state index is 0.0341. The molecule has 1 aliphatic rings. The second-order valence-electron chi connectivity index (χ2n) is 3.98. The Balaban J connectivity index is 2.16. The Bertz CT molecular complexity index is 243. The molecule has 4 N–H and O–H groups in total. The molecule has 1 saturated carbocycles. The van der Waals surface area contributed by atoms with Gasteiger partial charge in [-0.05, 0) is 19.3 Å². The van der Waals surface area contributed by atoms with E-state index in [0.717, 1.165) is 19.3 Å².